The van der Waals surface area contributed by atoms with Crippen molar-refractivity contribution in [1.82, 2.24) is 4.98 Å². The fraction of sp³-hybridized carbons (Fsp3) is 0.308. The Hall–Kier alpha value is -1.88. The van der Waals surface area contributed by atoms with E-state index in [0.29, 0.717) is 17.9 Å². The normalized spacial score (nSPS) is 21.9. The van der Waals surface area contributed by atoms with Crippen LogP contribution in [-0.2, 0) is 9.59 Å². The summed E-state index contributed by atoms with van der Waals surface area (Å²) in [5, 5.41) is 13.9. The molecule has 0 aromatic carbocycles. The summed E-state index contributed by atoms with van der Waals surface area (Å²) in [5.41, 5.74) is 0. The van der Waals surface area contributed by atoms with E-state index in [2.05, 4.69) is 10.3 Å². The Labute approximate surface area is 115 Å². The van der Waals surface area contributed by atoms with Gasteiger partial charge >= 0.3 is 0 Å². The molecule has 19 heavy (non-hydrogen) atoms. The largest absolute Gasteiger partial charge is 0.550 e. The predicted octanol–water partition coefficient (Wildman–Crippen LogP) is 1.01. The maximum Gasteiger partial charge on any atom is 0.229 e. The van der Waals surface area contributed by atoms with Crippen LogP contribution in [0.2, 0.25) is 5.02 Å². The van der Waals surface area contributed by atoms with Gasteiger partial charge in [-0.05, 0) is 25.0 Å². The summed E-state index contributed by atoms with van der Waals surface area (Å²) in [7, 11) is 0. The molecule has 2 rings (SSSR count). The average molecular weight is 280 g/mol. The van der Waals surface area contributed by atoms with Gasteiger partial charge in [0.15, 0.2) is 5.82 Å². The quantitative estimate of drug-likeness (QED) is 0.837. The average Bonchev–Trinajstić information content (AvgIpc) is 2.41. The maximum absolute atomic E-state index is 12.1. The lowest BCUT2D eigenvalue weighted by Gasteiger charge is -2.28. The van der Waals surface area contributed by atoms with Gasteiger partial charge in [0.05, 0.1) is 10.9 Å². The molecule has 0 bridgehead atoms. The summed E-state index contributed by atoms with van der Waals surface area (Å²) in [4.78, 5) is 27.1. The molecule has 0 radical (unpaired) electrons. The van der Waals surface area contributed by atoms with Gasteiger partial charge in [0.25, 0.3) is 0 Å². The minimum absolute atomic E-state index is 0.237. The van der Waals surface area contributed by atoms with Crippen molar-refractivity contribution >= 4 is 29.3 Å². The second-order valence-electron chi connectivity index (χ2n) is 4.30. The minimum atomic E-state index is -1.21. The molecule has 0 spiro atoms. The zero-order valence-corrected chi connectivity index (χ0v) is 10.8. The Balaban J connectivity index is 2.13. The summed E-state index contributed by atoms with van der Waals surface area (Å²) in [6.07, 6.45) is 5.71. The van der Waals surface area contributed by atoms with Crippen molar-refractivity contribution in [2.75, 3.05) is 5.32 Å². The Morgan fingerprint density at radius 1 is 1.32 bits per heavy atom. The number of allylic oxidation sites excluding steroid dienone is 2. The highest BCUT2D eigenvalue weighted by atomic mass is 35.5. The molecule has 6 heteroatoms. The van der Waals surface area contributed by atoms with Gasteiger partial charge in [-0.15, -0.1) is 0 Å². The van der Waals surface area contributed by atoms with Crippen LogP contribution in [0.1, 0.15) is 12.8 Å². The highest BCUT2D eigenvalue weighted by Crippen LogP contribution is 2.27. The number of nitrogens with one attached hydrogen (secondary N) is 1. The number of anilines is 1. The number of aliphatic carboxylic acids is 1. The van der Waals surface area contributed by atoms with Gasteiger partial charge in [0.2, 0.25) is 5.91 Å². The molecule has 0 unspecified atom stereocenters. The molecule has 0 saturated heterocycles. The van der Waals surface area contributed by atoms with Crippen LogP contribution in [0.25, 0.3) is 0 Å². The molecule has 1 heterocycles. The third-order valence-electron chi connectivity index (χ3n) is 3.07. The van der Waals surface area contributed by atoms with Crippen molar-refractivity contribution in [2.45, 2.75) is 12.8 Å². The fourth-order valence-electron chi connectivity index (χ4n) is 2.05. The number of amides is 1. The van der Waals surface area contributed by atoms with E-state index in [1.54, 1.807) is 24.3 Å². The van der Waals surface area contributed by atoms with E-state index >= 15 is 0 Å². The van der Waals surface area contributed by atoms with Crippen molar-refractivity contribution < 1.29 is 14.7 Å². The van der Waals surface area contributed by atoms with Crippen LogP contribution in [0.4, 0.5) is 5.82 Å². The summed E-state index contributed by atoms with van der Waals surface area (Å²) >= 11 is 5.89. The van der Waals surface area contributed by atoms with Crippen LogP contribution in [0.15, 0.2) is 30.5 Å². The number of aromatic nitrogens is 1. The van der Waals surface area contributed by atoms with Gasteiger partial charge in [-0.1, -0.05) is 23.8 Å². The molecular formula is C13H12ClN2O3-. The highest BCUT2D eigenvalue weighted by Gasteiger charge is 2.30. The zero-order valence-electron chi connectivity index (χ0n) is 10.0. The van der Waals surface area contributed by atoms with Crippen LogP contribution in [0, 0.1) is 11.8 Å². The maximum atomic E-state index is 12.1. The number of nitrogens with zero attached hydrogens (tertiary/aromatic N) is 1. The molecule has 100 valence electrons. The Bertz CT molecular complexity index is 530. The van der Waals surface area contributed by atoms with Gasteiger partial charge in [0.1, 0.15) is 0 Å². The summed E-state index contributed by atoms with van der Waals surface area (Å²) in [6, 6.07) is 3.24. The number of carbonyl (C=O) groups is 2. The van der Waals surface area contributed by atoms with E-state index < -0.39 is 23.7 Å². The Morgan fingerprint density at radius 2 is 2.00 bits per heavy atom. The predicted molar refractivity (Wildman–Crippen MR) is 68.2 cm³/mol. The van der Waals surface area contributed by atoms with Crippen molar-refractivity contribution in [3.63, 3.8) is 0 Å². The van der Waals surface area contributed by atoms with Crippen LogP contribution in [0.3, 0.4) is 0 Å². The first-order chi connectivity index (χ1) is 9.09. The van der Waals surface area contributed by atoms with Crippen LogP contribution in [0.5, 0.6) is 0 Å². The van der Waals surface area contributed by atoms with E-state index in [4.69, 9.17) is 11.6 Å². The Morgan fingerprint density at radius 3 is 2.63 bits per heavy atom. The lowest BCUT2D eigenvalue weighted by molar-refractivity contribution is -0.313. The van der Waals surface area contributed by atoms with Gasteiger partial charge in [0, 0.05) is 18.1 Å². The molecule has 1 N–H and O–H groups in total. The van der Waals surface area contributed by atoms with Crippen molar-refractivity contribution in [2.24, 2.45) is 11.8 Å². The number of rotatable bonds is 3. The summed E-state index contributed by atoms with van der Waals surface area (Å²) in [5.74, 6) is -2.85. The number of carboxylic acid groups (broad SMARTS) is 1. The van der Waals surface area contributed by atoms with E-state index in [1.165, 1.54) is 6.20 Å². The lowest BCUT2D eigenvalue weighted by Crippen LogP contribution is -2.41. The summed E-state index contributed by atoms with van der Waals surface area (Å²) < 4.78 is 0. The monoisotopic (exact) mass is 279 g/mol. The van der Waals surface area contributed by atoms with E-state index in [9.17, 15) is 14.7 Å². The van der Waals surface area contributed by atoms with Crippen molar-refractivity contribution in [1.29, 1.82) is 0 Å². The molecule has 1 aromatic heterocycles. The van der Waals surface area contributed by atoms with E-state index in [-0.39, 0.29) is 5.82 Å². The molecule has 1 aliphatic rings. The standard InChI is InChI=1S/C13H13ClN2O3/c14-10-6-3-7-15-11(10)16-12(17)8-4-1-2-5-9(8)13(18)19/h1-3,6-9H,4-5H2,(H,18,19)(H,15,16,17)/p-1/t8-,9-/m1/s1. The number of hydrogen-bond acceptors (Lipinski definition) is 4. The smallest absolute Gasteiger partial charge is 0.229 e. The van der Waals surface area contributed by atoms with Gasteiger partial charge in [-0.3, -0.25) is 4.79 Å². The molecule has 1 aromatic rings. The number of hydrogen-bond donors (Lipinski definition) is 1. The molecule has 1 amide bonds. The van der Waals surface area contributed by atoms with Gasteiger partial charge < -0.3 is 15.2 Å². The molecule has 5 nitrogen and oxygen atoms in total. The second kappa shape index (κ2) is 5.84. The molecule has 0 fully saturated rings. The van der Waals surface area contributed by atoms with Gasteiger partial charge in [-0.2, -0.15) is 0 Å². The first-order valence-electron chi connectivity index (χ1n) is 5.87. The minimum Gasteiger partial charge on any atom is -0.550 e. The van der Waals surface area contributed by atoms with Crippen LogP contribution in [-0.4, -0.2) is 16.9 Å². The third kappa shape index (κ3) is 3.12. The van der Waals surface area contributed by atoms with Crippen LogP contribution >= 0.6 is 11.6 Å². The second-order valence-corrected chi connectivity index (χ2v) is 4.71. The molecule has 1 aliphatic carbocycles. The first kappa shape index (κ1) is 13.5. The highest BCUT2D eigenvalue weighted by molar-refractivity contribution is 6.33. The molecule has 0 saturated carbocycles. The van der Waals surface area contributed by atoms with Crippen molar-refractivity contribution in [3.05, 3.63) is 35.5 Å². The number of pyridine rings is 1. The van der Waals surface area contributed by atoms with Gasteiger partial charge in [-0.25, -0.2) is 4.98 Å². The summed E-state index contributed by atoms with van der Waals surface area (Å²) in [6.45, 7) is 0. The first-order valence-corrected chi connectivity index (χ1v) is 6.24. The van der Waals surface area contributed by atoms with Crippen molar-refractivity contribution in [3.8, 4) is 0 Å². The number of halogens is 1. The number of carboxylic acids is 1. The Kier molecular flexibility index (Phi) is 4.16. The fourth-order valence-corrected chi connectivity index (χ4v) is 2.22. The molecule has 2 atom stereocenters. The lowest BCUT2D eigenvalue weighted by atomic mass is 9.82. The molecular weight excluding hydrogens is 268 g/mol. The third-order valence-corrected chi connectivity index (χ3v) is 3.38. The van der Waals surface area contributed by atoms with E-state index in [0.717, 1.165) is 0 Å². The molecule has 0 aliphatic heterocycles. The number of carbonyl (C=O) groups excluding carboxylic acids is 2. The van der Waals surface area contributed by atoms with E-state index in [1.807, 2.05) is 0 Å². The SMILES string of the molecule is O=C([O-])[C@@H]1CC=CC[C@H]1C(=O)Nc1ncccc1Cl. The van der Waals surface area contributed by atoms with Crippen LogP contribution < -0.4 is 10.4 Å². The topological polar surface area (TPSA) is 82.1 Å². The zero-order chi connectivity index (χ0) is 13.8.